The van der Waals surface area contributed by atoms with Crippen LogP contribution in [0.3, 0.4) is 0 Å². The molecule has 1 unspecified atom stereocenters. The van der Waals surface area contributed by atoms with E-state index in [2.05, 4.69) is 20.8 Å². The van der Waals surface area contributed by atoms with Crippen LogP contribution in [0.25, 0.3) is 11.1 Å². The lowest BCUT2D eigenvalue weighted by Crippen LogP contribution is -2.48. The van der Waals surface area contributed by atoms with E-state index < -0.39 is 30.4 Å². The number of nitrogens with one attached hydrogen (secondary N) is 3. The summed E-state index contributed by atoms with van der Waals surface area (Å²) in [5.74, 6) is -1.48. The van der Waals surface area contributed by atoms with E-state index in [9.17, 15) is 19.5 Å². The standard InChI is InChI=1S/C26H26N4O5/c31-24(32)12-23(25(33)27-13-16-11-22(30-29-16)15-9-10-15)28-26(34)35-14-21-19-7-3-1-5-17(19)18-6-2-4-8-20(18)21/h1-8,11,15,21,23H,9-10,12-14H2,(H,27,33)(H,28,34)(H,29,30)(H,31,32). The van der Waals surface area contributed by atoms with Crippen LogP contribution in [0.5, 0.6) is 0 Å². The van der Waals surface area contributed by atoms with E-state index in [0.717, 1.165) is 46.5 Å². The Bertz CT molecular complexity index is 1220. The topological polar surface area (TPSA) is 133 Å². The molecule has 1 fully saturated rings. The van der Waals surface area contributed by atoms with Crippen molar-refractivity contribution in [1.82, 2.24) is 20.8 Å². The Morgan fingerprint density at radius 2 is 1.71 bits per heavy atom. The van der Waals surface area contributed by atoms with Gasteiger partial charge in [-0.2, -0.15) is 5.10 Å². The van der Waals surface area contributed by atoms with Gasteiger partial charge in [-0.1, -0.05) is 48.5 Å². The molecule has 180 valence electrons. The van der Waals surface area contributed by atoms with Crippen LogP contribution in [-0.2, 0) is 20.9 Å². The van der Waals surface area contributed by atoms with Gasteiger partial charge in [-0.25, -0.2) is 4.79 Å². The van der Waals surface area contributed by atoms with Gasteiger partial charge in [0.15, 0.2) is 0 Å². The molecule has 2 aliphatic carbocycles. The van der Waals surface area contributed by atoms with E-state index in [4.69, 9.17) is 4.74 Å². The van der Waals surface area contributed by atoms with Gasteiger partial charge in [-0.05, 0) is 41.2 Å². The lowest BCUT2D eigenvalue weighted by molar-refractivity contribution is -0.139. The first-order valence-electron chi connectivity index (χ1n) is 11.6. The molecule has 35 heavy (non-hydrogen) atoms. The van der Waals surface area contributed by atoms with Crippen LogP contribution < -0.4 is 10.6 Å². The minimum Gasteiger partial charge on any atom is -0.481 e. The molecule has 1 aromatic heterocycles. The highest BCUT2D eigenvalue weighted by Gasteiger charge is 2.30. The number of ether oxygens (including phenoxy) is 1. The second kappa shape index (κ2) is 9.61. The van der Waals surface area contributed by atoms with Gasteiger partial charge in [0, 0.05) is 11.8 Å². The molecule has 0 bridgehead atoms. The van der Waals surface area contributed by atoms with Crippen molar-refractivity contribution in [2.24, 2.45) is 0 Å². The first kappa shape index (κ1) is 22.6. The minimum absolute atomic E-state index is 0.0688. The van der Waals surface area contributed by atoms with E-state index in [1.54, 1.807) is 0 Å². The fourth-order valence-corrected chi connectivity index (χ4v) is 4.53. The molecule has 9 nitrogen and oxygen atoms in total. The predicted octanol–water partition coefficient (Wildman–Crippen LogP) is 3.29. The maximum atomic E-state index is 12.6. The quantitative estimate of drug-likeness (QED) is 0.376. The summed E-state index contributed by atoms with van der Waals surface area (Å²) in [5.41, 5.74) is 6.01. The predicted molar refractivity (Wildman–Crippen MR) is 127 cm³/mol. The smallest absolute Gasteiger partial charge is 0.407 e. The number of rotatable bonds is 9. The molecule has 0 spiro atoms. The van der Waals surface area contributed by atoms with Crippen molar-refractivity contribution < 1.29 is 24.2 Å². The zero-order valence-electron chi connectivity index (χ0n) is 19.0. The Labute approximate surface area is 201 Å². The number of amides is 2. The molecule has 1 heterocycles. The number of hydrogen-bond donors (Lipinski definition) is 4. The van der Waals surface area contributed by atoms with Gasteiger partial charge < -0.3 is 20.5 Å². The zero-order valence-corrected chi connectivity index (χ0v) is 19.0. The molecule has 1 atom stereocenters. The van der Waals surface area contributed by atoms with E-state index in [1.165, 1.54) is 0 Å². The molecule has 5 rings (SSSR count). The monoisotopic (exact) mass is 474 g/mol. The van der Waals surface area contributed by atoms with Crippen molar-refractivity contribution in [1.29, 1.82) is 0 Å². The SMILES string of the molecule is O=C(O)CC(NC(=O)OCC1c2ccccc2-c2ccccc21)C(=O)NCc1cc(C2CC2)n[nH]1. The summed E-state index contributed by atoms with van der Waals surface area (Å²) < 4.78 is 5.46. The minimum atomic E-state index is -1.27. The average Bonchev–Trinajstić information content (AvgIpc) is 3.51. The van der Waals surface area contributed by atoms with Crippen LogP contribution in [0, 0.1) is 0 Å². The summed E-state index contributed by atoms with van der Waals surface area (Å²) >= 11 is 0. The average molecular weight is 475 g/mol. The van der Waals surface area contributed by atoms with Gasteiger partial charge in [0.1, 0.15) is 12.6 Å². The molecule has 0 saturated heterocycles. The lowest BCUT2D eigenvalue weighted by atomic mass is 9.98. The molecular weight excluding hydrogens is 448 g/mol. The first-order chi connectivity index (χ1) is 17.0. The zero-order chi connectivity index (χ0) is 24.4. The Kier molecular flexibility index (Phi) is 6.22. The molecule has 0 aliphatic heterocycles. The number of H-pyrrole nitrogens is 1. The second-order valence-corrected chi connectivity index (χ2v) is 8.93. The van der Waals surface area contributed by atoms with Crippen LogP contribution in [0.1, 0.15) is 53.6 Å². The number of alkyl carbamates (subject to hydrolysis) is 1. The number of nitrogens with zero attached hydrogens (tertiary/aromatic N) is 1. The summed E-state index contributed by atoms with van der Waals surface area (Å²) in [6.45, 7) is 0.223. The van der Waals surface area contributed by atoms with Crippen molar-refractivity contribution in [3.8, 4) is 11.1 Å². The van der Waals surface area contributed by atoms with Gasteiger partial charge in [-0.3, -0.25) is 14.7 Å². The van der Waals surface area contributed by atoms with Crippen LogP contribution in [0.2, 0.25) is 0 Å². The molecule has 3 aromatic rings. The van der Waals surface area contributed by atoms with Crippen LogP contribution in [-0.4, -0.2) is 45.9 Å². The van der Waals surface area contributed by atoms with Crippen LogP contribution >= 0.6 is 0 Å². The van der Waals surface area contributed by atoms with Crippen molar-refractivity contribution in [2.45, 2.75) is 43.7 Å². The van der Waals surface area contributed by atoms with E-state index in [-0.39, 0.29) is 19.1 Å². The third-order valence-corrected chi connectivity index (χ3v) is 6.43. The van der Waals surface area contributed by atoms with Gasteiger partial charge in [0.25, 0.3) is 0 Å². The molecular formula is C26H26N4O5. The number of carboxylic acids is 1. The summed E-state index contributed by atoms with van der Waals surface area (Å²) in [5, 5.41) is 21.4. The third-order valence-electron chi connectivity index (χ3n) is 6.43. The third kappa shape index (κ3) is 5.03. The van der Waals surface area contributed by atoms with Crippen molar-refractivity contribution in [2.75, 3.05) is 6.61 Å². The van der Waals surface area contributed by atoms with E-state index >= 15 is 0 Å². The number of carbonyl (C=O) groups excluding carboxylic acids is 2. The summed E-state index contributed by atoms with van der Waals surface area (Å²) in [6.07, 6.45) is 0.820. The van der Waals surface area contributed by atoms with Crippen molar-refractivity contribution >= 4 is 18.0 Å². The number of carboxylic acid groups (broad SMARTS) is 1. The van der Waals surface area contributed by atoms with Crippen molar-refractivity contribution in [3.05, 3.63) is 77.1 Å². The fourth-order valence-electron chi connectivity index (χ4n) is 4.53. The highest BCUT2D eigenvalue weighted by Crippen LogP contribution is 2.44. The van der Waals surface area contributed by atoms with Gasteiger partial charge in [0.2, 0.25) is 5.91 Å². The molecule has 2 amide bonds. The van der Waals surface area contributed by atoms with Gasteiger partial charge in [-0.15, -0.1) is 0 Å². The maximum absolute atomic E-state index is 12.6. The number of aromatic nitrogens is 2. The van der Waals surface area contributed by atoms with Gasteiger partial charge >= 0.3 is 12.1 Å². The number of fused-ring (bicyclic) bond motifs is 3. The number of benzene rings is 2. The van der Waals surface area contributed by atoms with E-state index in [1.807, 2.05) is 54.6 Å². The normalized spacial score (nSPS) is 15.1. The summed E-state index contributed by atoms with van der Waals surface area (Å²) in [7, 11) is 0. The summed E-state index contributed by atoms with van der Waals surface area (Å²) in [4.78, 5) is 36.5. The highest BCUT2D eigenvalue weighted by molar-refractivity contribution is 5.89. The van der Waals surface area contributed by atoms with Crippen molar-refractivity contribution in [3.63, 3.8) is 0 Å². The maximum Gasteiger partial charge on any atom is 0.407 e. The molecule has 2 aliphatic rings. The first-order valence-corrected chi connectivity index (χ1v) is 11.6. The molecule has 4 N–H and O–H groups in total. The molecule has 9 heteroatoms. The Balaban J connectivity index is 1.19. The number of aliphatic carboxylic acids is 1. The highest BCUT2D eigenvalue weighted by atomic mass is 16.5. The summed E-state index contributed by atoms with van der Waals surface area (Å²) in [6, 6.07) is 16.5. The second-order valence-electron chi connectivity index (χ2n) is 8.93. The Hall–Kier alpha value is -4.14. The molecule has 0 radical (unpaired) electrons. The number of carbonyl (C=O) groups is 3. The van der Waals surface area contributed by atoms with Gasteiger partial charge in [0.05, 0.1) is 24.4 Å². The Morgan fingerprint density at radius 1 is 1.06 bits per heavy atom. The van der Waals surface area contributed by atoms with Crippen LogP contribution in [0.15, 0.2) is 54.6 Å². The molecule has 1 saturated carbocycles. The van der Waals surface area contributed by atoms with Crippen LogP contribution in [0.4, 0.5) is 4.79 Å². The number of hydrogen-bond acceptors (Lipinski definition) is 5. The Morgan fingerprint density at radius 3 is 2.34 bits per heavy atom. The van der Waals surface area contributed by atoms with E-state index in [0.29, 0.717) is 5.92 Å². The lowest BCUT2D eigenvalue weighted by Gasteiger charge is -2.18. The largest absolute Gasteiger partial charge is 0.481 e. The fraction of sp³-hybridized carbons (Fsp3) is 0.308. The number of aromatic amines is 1. The molecule has 2 aromatic carbocycles.